The van der Waals surface area contributed by atoms with Gasteiger partial charge in [0, 0.05) is 6.07 Å². The van der Waals surface area contributed by atoms with E-state index in [1.54, 1.807) is 19.1 Å². The van der Waals surface area contributed by atoms with Crippen LogP contribution in [0.3, 0.4) is 0 Å². The normalized spacial score (nSPS) is 10.4. The highest BCUT2D eigenvalue weighted by molar-refractivity contribution is 6.33. The molecule has 0 amide bonds. The molecule has 0 aromatic heterocycles. The van der Waals surface area contributed by atoms with Crippen LogP contribution in [-0.2, 0) is 0 Å². The lowest BCUT2D eigenvalue weighted by Gasteiger charge is -2.10. The van der Waals surface area contributed by atoms with Crippen LogP contribution in [0.25, 0.3) is 0 Å². The van der Waals surface area contributed by atoms with Gasteiger partial charge in [0.05, 0.1) is 22.7 Å². The van der Waals surface area contributed by atoms with Crippen LogP contribution in [0.1, 0.15) is 38.1 Å². The molecular weight excluding hydrogens is 287 g/mol. The number of benzene rings is 1. The Morgan fingerprint density at radius 3 is 2.26 bits per heavy atom. The third kappa shape index (κ3) is 5.53. The van der Waals surface area contributed by atoms with Gasteiger partial charge in [-0.25, -0.2) is 0 Å². The fourth-order valence-corrected chi connectivity index (χ4v) is 1.59. The fourth-order valence-electron chi connectivity index (χ4n) is 1.25. The minimum absolute atomic E-state index is 0.152. The molecule has 0 unspecified atom stereocenters. The maximum Gasteiger partial charge on any atom is 0.163 e. The lowest BCUT2D eigenvalue weighted by atomic mass is 10.1. The number of Topliss-reactive ketones (excluding diaryl/α,β-unsaturated/α-hetero) is 1. The summed E-state index contributed by atoms with van der Waals surface area (Å²) in [7, 11) is 1.46. The van der Waals surface area contributed by atoms with Gasteiger partial charge in [0.1, 0.15) is 17.8 Å². The first-order chi connectivity index (χ1) is 8.95. The van der Waals surface area contributed by atoms with Crippen molar-refractivity contribution in [3.63, 3.8) is 0 Å². The smallest absolute Gasteiger partial charge is 0.163 e. The number of ketones is 1. The molecule has 1 aromatic rings. The van der Waals surface area contributed by atoms with E-state index in [1.807, 2.05) is 13.8 Å². The van der Waals surface area contributed by atoms with Crippen molar-refractivity contribution in [2.24, 2.45) is 0 Å². The van der Waals surface area contributed by atoms with Crippen LogP contribution in [0.5, 0.6) is 11.5 Å². The van der Waals surface area contributed by atoms with E-state index in [1.165, 1.54) is 20.3 Å². The zero-order valence-electron chi connectivity index (χ0n) is 11.7. The molecule has 19 heavy (non-hydrogen) atoms. The Balaban J connectivity index is 0.00000154. The second-order valence-corrected chi connectivity index (χ2v) is 4.37. The lowest BCUT2D eigenvalue weighted by Crippen LogP contribution is -1.99. The van der Waals surface area contributed by atoms with Gasteiger partial charge in [-0.05, 0) is 19.9 Å². The zero-order chi connectivity index (χ0) is 15.0. The van der Waals surface area contributed by atoms with E-state index >= 15 is 0 Å². The van der Waals surface area contributed by atoms with Gasteiger partial charge in [0.25, 0.3) is 0 Å². The van der Waals surface area contributed by atoms with Crippen molar-refractivity contribution < 1.29 is 14.3 Å². The Morgan fingerprint density at radius 1 is 1.26 bits per heavy atom. The molecule has 0 bridgehead atoms. The van der Waals surface area contributed by atoms with Crippen LogP contribution in [-0.4, -0.2) is 12.9 Å². The minimum atomic E-state index is -0.152. The maximum absolute atomic E-state index is 11.4. The standard InChI is InChI=1S/C12H12Cl2O3.C2H6/c1-7(13)6-17-9-4-10(8(2)15)12(16-3)11(14)5-9;1-2/h4-6H,1-3H3;1-2H3/b7-6+;. The summed E-state index contributed by atoms with van der Waals surface area (Å²) in [4.78, 5) is 11.4. The third-order valence-corrected chi connectivity index (χ3v) is 2.33. The molecule has 1 rings (SSSR count). The zero-order valence-corrected chi connectivity index (χ0v) is 13.2. The van der Waals surface area contributed by atoms with Crippen molar-refractivity contribution in [1.29, 1.82) is 0 Å². The molecule has 106 valence electrons. The first kappa shape index (κ1) is 17.8. The number of allylic oxidation sites excluding steroid dienone is 1. The Hall–Kier alpha value is -1.19. The number of halogens is 2. The summed E-state index contributed by atoms with van der Waals surface area (Å²) in [6.07, 6.45) is 1.36. The number of hydrogen-bond donors (Lipinski definition) is 0. The molecule has 3 nitrogen and oxygen atoms in total. The summed E-state index contributed by atoms with van der Waals surface area (Å²) in [6, 6.07) is 3.12. The number of carbonyl (C=O) groups is 1. The molecule has 5 heteroatoms. The summed E-state index contributed by atoms with van der Waals surface area (Å²) < 4.78 is 10.3. The van der Waals surface area contributed by atoms with Crippen LogP contribution < -0.4 is 9.47 Å². The highest BCUT2D eigenvalue weighted by Crippen LogP contribution is 2.33. The number of rotatable bonds is 4. The predicted octanol–water partition coefficient (Wildman–Crippen LogP) is 5.06. The Morgan fingerprint density at radius 2 is 1.84 bits per heavy atom. The summed E-state index contributed by atoms with van der Waals surface area (Å²) in [5.41, 5.74) is 0.371. The number of carbonyl (C=O) groups excluding carboxylic acids is 1. The van der Waals surface area contributed by atoms with E-state index in [9.17, 15) is 4.79 Å². The van der Waals surface area contributed by atoms with Gasteiger partial charge >= 0.3 is 0 Å². The molecule has 0 spiro atoms. The summed E-state index contributed by atoms with van der Waals surface area (Å²) in [5, 5.41) is 0.803. The van der Waals surface area contributed by atoms with Crippen molar-refractivity contribution in [2.45, 2.75) is 27.7 Å². The second kappa shape index (κ2) is 8.83. The molecule has 0 saturated heterocycles. The monoisotopic (exact) mass is 304 g/mol. The molecule has 0 fully saturated rings. The minimum Gasteiger partial charge on any atom is -0.494 e. The lowest BCUT2D eigenvalue weighted by molar-refractivity contribution is 0.101. The molecule has 0 saturated carbocycles. The highest BCUT2D eigenvalue weighted by atomic mass is 35.5. The molecule has 0 N–H and O–H groups in total. The van der Waals surface area contributed by atoms with Crippen molar-refractivity contribution in [3.05, 3.63) is 34.0 Å². The summed E-state index contributed by atoms with van der Waals surface area (Å²) in [6.45, 7) is 7.11. The highest BCUT2D eigenvalue weighted by Gasteiger charge is 2.14. The van der Waals surface area contributed by atoms with Crippen LogP contribution in [0.15, 0.2) is 23.4 Å². The molecule has 0 aliphatic carbocycles. The maximum atomic E-state index is 11.4. The molecule has 0 heterocycles. The van der Waals surface area contributed by atoms with Gasteiger partial charge in [-0.2, -0.15) is 0 Å². The van der Waals surface area contributed by atoms with Crippen molar-refractivity contribution in [2.75, 3.05) is 7.11 Å². The predicted molar refractivity (Wildman–Crippen MR) is 79.6 cm³/mol. The van der Waals surface area contributed by atoms with Gasteiger partial charge in [0.15, 0.2) is 5.78 Å². The van der Waals surface area contributed by atoms with E-state index < -0.39 is 0 Å². The topological polar surface area (TPSA) is 35.5 Å². The van der Waals surface area contributed by atoms with Crippen molar-refractivity contribution in [1.82, 2.24) is 0 Å². The quantitative estimate of drug-likeness (QED) is 0.576. The van der Waals surface area contributed by atoms with Crippen LogP contribution in [0, 0.1) is 0 Å². The van der Waals surface area contributed by atoms with Crippen LogP contribution in [0.4, 0.5) is 0 Å². The van der Waals surface area contributed by atoms with E-state index in [4.69, 9.17) is 32.7 Å². The van der Waals surface area contributed by atoms with Crippen molar-refractivity contribution >= 4 is 29.0 Å². The first-order valence-electron chi connectivity index (χ1n) is 5.83. The largest absolute Gasteiger partial charge is 0.494 e. The van der Waals surface area contributed by atoms with E-state index in [2.05, 4.69) is 0 Å². The van der Waals surface area contributed by atoms with Gasteiger partial charge in [0.2, 0.25) is 0 Å². The summed E-state index contributed by atoms with van der Waals surface area (Å²) in [5.74, 6) is 0.625. The fraction of sp³-hybridized carbons (Fsp3) is 0.357. The number of ether oxygens (including phenoxy) is 2. The first-order valence-corrected chi connectivity index (χ1v) is 6.58. The van der Waals surface area contributed by atoms with Crippen molar-refractivity contribution in [3.8, 4) is 11.5 Å². The Labute approximate surface area is 124 Å². The Kier molecular flexibility index (Phi) is 8.28. The Bertz CT molecular complexity index is 464. The molecule has 0 radical (unpaired) electrons. The number of hydrogen-bond acceptors (Lipinski definition) is 3. The van der Waals surface area contributed by atoms with Gasteiger partial charge in [-0.3, -0.25) is 4.79 Å². The van der Waals surface area contributed by atoms with Crippen LogP contribution in [0.2, 0.25) is 5.02 Å². The van der Waals surface area contributed by atoms with Gasteiger partial charge in [-0.15, -0.1) is 0 Å². The van der Waals surface area contributed by atoms with E-state index in [-0.39, 0.29) is 5.78 Å². The number of methoxy groups -OCH3 is 1. The van der Waals surface area contributed by atoms with E-state index in [0.29, 0.717) is 27.1 Å². The summed E-state index contributed by atoms with van der Waals surface area (Å²) >= 11 is 11.6. The molecule has 0 aliphatic rings. The third-order valence-electron chi connectivity index (χ3n) is 1.96. The molecule has 0 atom stereocenters. The van der Waals surface area contributed by atoms with Gasteiger partial charge in [-0.1, -0.05) is 37.0 Å². The van der Waals surface area contributed by atoms with E-state index in [0.717, 1.165) is 0 Å². The average molecular weight is 305 g/mol. The molecule has 0 aliphatic heterocycles. The average Bonchev–Trinajstić information content (AvgIpc) is 2.37. The van der Waals surface area contributed by atoms with Crippen LogP contribution >= 0.6 is 23.2 Å². The molecule has 1 aromatic carbocycles. The van der Waals surface area contributed by atoms with Gasteiger partial charge < -0.3 is 9.47 Å². The SMILES string of the molecule is CC.COc1c(Cl)cc(O/C=C(\C)Cl)cc1C(C)=O. The molecular formula is C14H18Cl2O3. The second-order valence-electron chi connectivity index (χ2n) is 3.36.